The normalized spacial score (nSPS) is 25.8. The number of nitrogens with zero attached hydrogens (tertiary/aromatic N) is 1. The van der Waals surface area contributed by atoms with Crippen LogP contribution in [-0.2, 0) is 20.7 Å². The van der Waals surface area contributed by atoms with Crippen molar-refractivity contribution in [2.45, 2.75) is 19.3 Å². The zero-order valence-electron chi connectivity index (χ0n) is 13.3. The van der Waals surface area contributed by atoms with E-state index in [-0.39, 0.29) is 17.8 Å². The number of cyclic esters (lactones) is 1. The highest BCUT2D eigenvalue weighted by molar-refractivity contribution is 5.88. The number of esters is 2. The molecule has 1 saturated carbocycles. The van der Waals surface area contributed by atoms with Crippen molar-refractivity contribution < 1.29 is 23.5 Å². The molecule has 2 fully saturated rings. The third-order valence-corrected chi connectivity index (χ3v) is 5.04. The monoisotopic (exact) mass is 327 g/mol. The molecule has 0 spiro atoms. The summed E-state index contributed by atoms with van der Waals surface area (Å²) >= 11 is 0. The number of hydrogen-bond acceptors (Lipinski definition) is 6. The molecule has 0 amide bonds. The maximum absolute atomic E-state index is 12.4. The number of benzene rings is 1. The molecule has 0 radical (unpaired) electrons. The number of carbonyl (C=O) groups is 2. The quantitative estimate of drug-likeness (QED) is 0.637. The van der Waals surface area contributed by atoms with Gasteiger partial charge in [0.05, 0.1) is 19.1 Å². The summed E-state index contributed by atoms with van der Waals surface area (Å²) in [4.78, 5) is 28.1. The molecule has 2 aliphatic rings. The minimum absolute atomic E-state index is 0.0739. The van der Waals surface area contributed by atoms with Crippen LogP contribution in [0.1, 0.15) is 29.1 Å². The van der Waals surface area contributed by atoms with Gasteiger partial charge in [0.15, 0.2) is 5.58 Å². The Bertz CT molecular complexity index is 867. The van der Waals surface area contributed by atoms with Crippen LogP contribution in [0.15, 0.2) is 34.8 Å². The summed E-state index contributed by atoms with van der Waals surface area (Å²) in [6.45, 7) is 4.52. The number of fused-ring (bicyclic) bond motifs is 2. The summed E-state index contributed by atoms with van der Waals surface area (Å²) in [6.07, 6.45) is 2.08. The summed E-state index contributed by atoms with van der Waals surface area (Å²) in [5.41, 5.74) is 2.64. The van der Waals surface area contributed by atoms with Gasteiger partial charge in [-0.15, -0.1) is 0 Å². The topological polar surface area (TPSA) is 78.6 Å². The van der Waals surface area contributed by atoms with Gasteiger partial charge in [-0.1, -0.05) is 18.2 Å². The molecule has 6 heteroatoms. The Labute approximate surface area is 138 Å². The molecule has 4 rings (SSSR count). The molecule has 2 unspecified atom stereocenters. The van der Waals surface area contributed by atoms with Gasteiger partial charge in [0.1, 0.15) is 5.52 Å². The molecule has 24 heavy (non-hydrogen) atoms. The minimum atomic E-state index is -0.613. The fraction of sp³-hybridized carbons (Fsp3) is 0.389. The Morgan fingerprint density at radius 3 is 3.12 bits per heavy atom. The molecule has 0 bridgehead atoms. The van der Waals surface area contributed by atoms with E-state index in [2.05, 4.69) is 16.3 Å². The highest BCUT2D eigenvalue weighted by atomic mass is 16.5. The number of aromatic nitrogens is 1. The first-order chi connectivity index (χ1) is 11.5. The standard InChI is InChI=1S/C18H17NO5/c1-10-5-12-9-23-17(21)18(12,7-10)8-11-3-4-14-13(6-11)19-15(24-14)16(20)22-2/h3-4,6,12H,1,5,7-9H2,2H3. The van der Waals surface area contributed by atoms with Gasteiger partial charge < -0.3 is 13.9 Å². The number of oxazole rings is 1. The third kappa shape index (κ3) is 2.13. The molecule has 1 aromatic carbocycles. The van der Waals surface area contributed by atoms with E-state index in [4.69, 9.17) is 9.15 Å². The first kappa shape index (κ1) is 14.9. The number of hydrogen-bond donors (Lipinski definition) is 0. The van der Waals surface area contributed by atoms with E-state index in [9.17, 15) is 9.59 Å². The van der Waals surface area contributed by atoms with Crippen LogP contribution in [-0.4, -0.2) is 30.6 Å². The minimum Gasteiger partial charge on any atom is -0.465 e. The molecule has 6 nitrogen and oxygen atoms in total. The van der Waals surface area contributed by atoms with E-state index < -0.39 is 11.4 Å². The molecule has 124 valence electrons. The van der Waals surface area contributed by atoms with Gasteiger partial charge in [-0.2, -0.15) is 0 Å². The lowest BCUT2D eigenvalue weighted by atomic mass is 9.75. The van der Waals surface area contributed by atoms with Gasteiger partial charge in [0.25, 0.3) is 0 Å². The predicted octanol–water partition coefficient (Wildman–Crippen LogP) is 2.67. The molecule has 0 N–H and O–H groups in total. The van der Waals surface area contributed by atoms with E-state index in [1.165, 1.54) is 7.11 Å². The van der Waals surface area contributed by atoms with Gasteiger partial charge in [-0.05, 0) is 37.0 Å². The molecule has 1 aliphatic carbocycles. The van der Waals surface area contributed by atoms with E-state index >= 15 is 0 Å². The van der Waals surface area contributed by atoms with Gasteiger partial charge in [-0.3, -0.25) is 4.79 Å². The van der Waals surface area contributed by atoms with Crippen molar-refractivity contribution >= 4 is 23.0 Å². The first-order valence-electron chi connectivity index (χ1n) is 7.83. The lowest BCUT2D eigenvalue weighted by Crippen LogP contribution is -2.31. The first-order valence-corrected chi connectivity index (χ1v) is 7.83. The van der Waals surface area contributed by atoms with Gasteiger partial charge in [0, 0.05) is 5.92 Å². The van der Waals surface area contributed by atoms with Crippen molar-refractivity contribution in [1.29, 1.82) is 0 Å². The lowest BCUT2D eigenvalue weighted by molar-refractivity contribution is -0.146. The van der Waals surface area contributed by atoms with E-state index in [1.807, 2.05) is 12.1 Å². The van der Waals surface area contributed by atoms with Crippen molar-refractivity contribution in [3.8, 4) is 0 Å². The van der Waals surface area contributed by atoms with Crippen LogP contribution in [0.5, 0.6) is 0 Å². The second kappa shape index (κ2) is 5.19. The lowest BCUT2D eigenvalue weighted by Gasteiger charge is -2.23. The van der Waals surface area contributed by atoms with Crippen LogP contribution in [0.3, 0.4) is 0 Å². The van der Waals surface area contributed by atoms with Crippen molar-refractivity contribution in [2.75, 3.05) is 13.7 Å². The zero-order chi connectivity index (χ0) is 16.9. The third-order valence-electron chi connectivity index (χ3n) is 5.04. The second-order valence-electron chi connectivity index (χ2n) is 6.57. The van der Waals surface area contributed by atoms with Crippen molar-refractivity contribution in [3.63, 3.8) is 0 Å². The van der Waals surface area contributed by atoms with Crippen LogP contribution in [0.4, 0.5) is 0 Å². The summed E-state index contributed by atoms with van der Waals surface area (Å²) in [5.74, 6) is -0.633. The SMILES string of the molecule is C=C1CC2COC(=O)C2(Cc2ccc3oc(C(=O)OC)nc3c2)C1. The summed E-state index contributed by atoms with van der Waals surface area (Å²) < 4.78 is 15.3. The summed E-state index contributed by atoms with van der Waals surface area (Å²) in [5, 5.41) is 0. The number of methoxy groups -OCH3 is 1. The van der Waals surface area contributed by atoms with E-state index in [0.717, 1.165) is 17.6 Å². The zero-order valence-corrected chi connectivity index (χ0v) is 13.3. The molecule has 2 atom stereocenters. The highest BCUT2D eigenvalue weighted by Gasteiger charge is 2.55. The van der Waals surface area contributed by atoms with Crippen LogP contribution < -0.4 is 0 Å². The molecule has 2 heterocycles. The Kier molecular flexibility index (Phi) is 3.23. The average Bonchev–Trinajstić information content (AvgIpc) is 3.20. The molecular formula is C18H17NO5. The van der Waals surface area contributed by atoms with Crippen LogP contribution in [0.2, 0.25) is 0 Å². The van der Waals surface area contributed by atoms with Gasteiger partial charge in [-0.25, -0.2) is 9.78 Å². The smallest absolute Gasteiger partial charge is 0.394 e. The summed E-state index contributed by atoms with van der Waals surface area (Å²) in [7, 11) is 1.28. The van der Waals surface area contributed by atoms with Gasteiger partial charge in [0.2, 0.25) is 0 Å². The van der Waals surface area contributed by atoms with Crippen LogP contribution >= 0.6 is 0 Å². The largest absolute Gasteiger partial charge is 0.465 e. The second-order valence-corrected chi connectivity index (χ2v) is 6.57. The number of carbonyl (C=O) groups excluding carboxylic acids is 2. The molecular weight excluding hydrogens is 310 g/mol. The fourth-order valence-corrected chi connectivity index (χ4v) is 3.88. The van der Waals surface area contributed by atoms with E-state index in [1.54, 1.807) is 6.07 Å². The average molecular weight is 327 g/mol. The Hall–Kier alpha value is -2.63. The molecule has 1 aromatic heterocycles. The maximum Gasteiger partial charge on any atom is 0.394 e. The Morgan fingerprint density at radius 2 is 2.33 bits per heavy atom. The van der Waals surface area contributed by atoms with Crippen LogP contribution in [0, 0.1) is 11.3 Å². The Balaban J connectivity index is 1.68. The predicted molar refractivity (Wildman–Crippen MR) is 84.3 cm³/mol. The van der Waals surface area contributed by atoms with Gasteiger partial charge >= 0.3 is 17.8 Å². The van der Waals surface area contributed by atoms with Crippen molar-refractivity contribution in [1.82, 2.24) is 4.98 Å². The van der Waals surface area contributed by atoms with Crippen molar-refractivity contribution in [3.05, 3.63) is 41.8 Å². The summed E-state index contributed by atoms with van der Waals surface area (Å²) in [6, 6.07) is 5.51. The van der Waals surface area contributed by atoms with Crippen molar-refractivity contribution in [2.24, 2.45) is 11.3 Å². The highest BCUT2D eigenvalue weighted by Crippen LogP contribution is 2.52. The Morgan fingerprint density at radius 1 is 1.50 bits per heavy atom. The molecule has 1 saturated heterocycles. The van der Waals surface area contributed by atoms with E-state index in [0.29, 0.717) is 30.5 Å². The molecule has 2 aromatic rings. The molecule has 1 aliphatic heterocycles. The fourth-order valence-electron chi connectivity index (χ4n) is 3.88. The number of allylic oxidation sites excluding steroid dienone is 1. The number of ether oxygens (including phenoxy) is 2. The van der Waals surface area contributed by atoms with Crippen LogP contribution in [0.25, 0.3) is 11.1 Å². The maximum atomic E-state index is 12.4. The number of rotatable bonds is 3.